The Bertz CT molecular complexity index is 627. The molecule has 19 heavy (non-hydrogen) atoms. The molecule has 0 unspecified atom stereocenters. The Morgan fingerprint density at radius 3 is 2.84 bits per heavy atom. The van der Waals surface area contributed by atoms with Gasteiger partial charge in [0.1, 0.15) is 6.26 Å². The first-order valence-corrected chi connectivity index (χ1v) is 5.67. The SMILES string of the molecule is CCc1nn(C)cc1NC(=O)c1cc(C(=O)O)co1. The highest BCUT2D eigenvalue weighted by Gasteiger charge is 2.16. The summed E-state index contributed by atoms with van der Waals surface area (Å²) in [6.45, 7) is 1.92. The summed E-state index contributed by atoms with van der Waals surface area (Å²) in [5.41, 5.74) is 1.27. The minimum absolute atomic E-state index is 0.0525. The van der Waals surface area contributed by atoms with Crippen molar-refractivity contribution in [1.82, 2.24) is 9.78 Å². The maximum atomic E-state index is 11.9. The molecule has 0 atom stereocenters. The van der Waals surface area contributed by atoms with Crippen LogP contribution in [-0.2, 0) is 13.5 Å². The van der Waals surface area contributed by atoms with Gasteiger partial charge in [-0.2, -0.15) is 5.10 Å². The Morgan fingerprint density at radius 2 is 2.26 bits per heavy atom. The number of nitrogens with zero attached hydrogens (tertiary/aromatic N) is 2. The van der Waals surface area contributed by atoms with Crippen molar-refractivity contribution in [2.45, 2.75) is 13.3 Å². The predicted molar refractivity (Wildman–Crippen MR) is 66.2 cm³/mol. The number of nitrogens with one attached hydrogen (secondary N) is 1. The normalized spacial score (nSPS) is 10.4. The first kappa shape index (κ1) is 12.9. The quantitative estimate of drug-likeness (QED) is 0.871. The maximum absolute atomic E-state index is 11.9. The van der Waals surface area contributed by atoms with Gasteiger partial charge >= 0.3 is 5.97 Å². The second kappa shape index (κ2) is 4.97. The molecule has 2 heterocycles. The molecule has 0 aliphatic heterocycles. The number of amides is 1. The van der Waals surface area contributed by atoms with E-state index in [9.17, 15) is 9.59 Å². The lowest BCUT2D eigenvalue weighted by Gasteiger charge is -2.01. The van der Waals surface area contributed by atoms with Crippen molar-refractivity contribution < 1.29 is 19.1 Å². The van der Waals surface area contributed by atoms with Gasteiger partial charge in [-0.3, -0.25) is 9.48 Å². The Kier molecular flexibility index (Phi) is 3.37. The summed E-state index contributed by atoms with van der Waals surface area (Å²) in [6.07, 6.45) is 3.38. The lowest BCUT2D eigenvalue weighted by molar-refractivity contribution is 0.0696. The number of aromatic carboxylic acids is 1. The number of anilines is 1. The van der Waals surface area contributed by atoms with E-state index in [4.69, 9.17) is 9.52 Å². The van der Waals surface area contributed by atoms with Gasteiger partial charge in [-0.15, -0.1) is 0 Å². The van der Waals surface area contributed by atoms with Crippen LogP contribution in [0.3, 0.4) is 0 Å². The Balaban J connectivity index is 2.18. The van der Waals surface area contributed by atoms with Crippen LogP contribution in [0.1, 0.15) is 33.5 Å². The van der Waals surface area contributed by atoms with Crippen molar-refractivity contribution in [2.24, 2.45) is 7.05 Å². The third-order valence-electron chi connectivity index (χ3n) is 2.56. The van der Waals surface area contributed by atoms with E-state index in [0.717, 1.165) is 12.0 Å². The van der Waals surface area contributed by atoms with Crippen LogP contribution in [0.2, 0.25) is 0 Å². The van der Waals surface area contributed by atoms with Gasteiger partial charge in [-0.25, -0.2) is 4.79 Å². The van der Waals surface area contributed by atoms with E-state index in [0.29, 0.717) is 12.1 Å². The average molecular weight is 263 g/mol. The van der Waals surface area contributed by atoms with Gasteiger partial charge in [0.2, 0.25) is 0 Å². The van der Waals surface area contributed by atoms with Crippen molar-refractivity contribution in [3.8, 4) is 0 Å². The highest BCUT2D eigenvalue weighted by Crippen LogP contribution is 2.16. The van der Waals surface area contributed by atoms with Gasteiger partial charge in [0, 0.05) is 19.3 Å². The predicted octanol–water partition coefficient (Wildman–Crippen LogP) is 1.53. The largest absolute Gasteiger partial charge is 0.478 e. The Labute approximate surface area is 108 Å². The summed E-state index contributed by atoms with van der Waals surface area (Å²) < 4.78 is 6.52. The monoisotopic (exact) mass is 263 g/mol. The maximum Gasteiger partial charge on any atom is 0.338 e. The van der Waals surface area contributed by atoms with Crippen molar-refractivity contribution in [3.63, 3.8) is 0 Å². The molecule has 7 heteroatoms. The van der Waals surface area contributed by atoms with E-state index in [1.165, 1.54) is 6.07 Å². The first-order chi connectivity index (χ1) is 9.01. The van der Waals surface area contributed by atoms with Crippen LogP contribution < -0.4 is 5.32 Å². The minimum atomic E-state index is -1.14. The molecule has 2 aromatic rings. The number of carboxylic acids is 1. The van der Waals surface area contributed by atoms with Gasteiger partial charge in [-0.1, -0.05) is 6.92 Å². The molecular formula is C12H13N3O4. The third kappa shape index (κ3) is 2.65. The Hall–Kier alpha value is -2.57. The molecule has 2 rings (SSSR count). The van der Waals surface area contributed by atoms with Crippen LogP contribution in [0.5, 0.6) is 0 Å². The van der Waals surface area contributed by atoms with E-state index >= 15 is 0 Å². The summed E-state index contributed by atoms with van der Waals surface area (Å²) >= 11 is 0. The van der Waals surface area contributed by atoms with Gasteiger partial charge in [0.05, 0.1) is 16.9 Å². The number of carbonyl (C=O) groups is 2. The molecule has 2 N–H and O–H groups in total. The molecule has 0 spiro atoms. The second-order valence-corrected chi connectivity index (χ2v) is 3.98. The number of aromatic nitrogens is 2. The number of furan rings is 1. The zero-order valence-electron chi connectivity index (χ0n) is 10.5. The molecule has 7 nitrogen and oxygen atoms in total. The van der Waals surface area contributed by atoms with Crippen molar-refractivity contribution >= 4 is 17.6 Å². The fourth-order valence-electron chi connectivity index (χ4n) is 1.65. The van der Waals surface area contributed by atoms with Crippen LogP contribution in [-0.4, -0.2) is 26.8 Å². The van der Waals surface area contributed by atoms with Crippen molar-refractivity contribution in [2.75, 3.05) is 5.32 Å². The number of carboxylic acid groups (broad SMARTS) is 1. The van der Waals surface area contributed by atoms with E-state index in [2.05, 4.69) is 10.4 Å². The molecule has 0 saturated heterocycles. The molecule has 0 aliphatic rings. The van der Waals surface area contributed by atoms with Crippen LogP contribution in [0, 0.1) is 0 Å². The average Bonchev–Trinajstić information content (AvgIpc) is 2.95. The molecule has 0 aliphatic carbocycles. The summed E-state index contributed by atoms with van der Waals surface area (Å²) in [4.78, 5) is 22.6. The van der Waals surface area contributed by atoms with E-state index in [1.54, 1.807) is 17.9 Å². The highest BCUT2D eigenvalue weighted by molar-refractivity contribution is 6.03. The second-order valence-electron chi connectivity index (χ2n) is 3.98. The molecule has 0 bridgehead atoms. The molecule has 2 aromatic heterocycles. The number of rotatable bonds is 4. The zero-order valence-corrected chi connectivity index (χ0v) is 10.5. The molecule has 100 valence electrons. The van der Waals surface area contributed by atoms with Crippen LogP contribution in [0.4, 0.5) is 5.69 Å². The molecule has 0 saturated carbocycles. The molecular weight excluding hydrogens is 250 g/mol. The summed E-state index contributed by atoms with van der Waals surface area (Å²) in [5, 5.41) is 15.6. The molecule has 0 radical (unpaired) electrons. The van der Waals surface area contributed by atoms with Crippen LogP contribution >= 0.6 is 0 Å². The zero-order chi connectivity index (χ0) is 14.0. The van der Waals surface area contributed by atoms with Gasteiger partial charge in [0.25, 0.3) is 5.91 Å². The van der Waals surface area contributed by atoms with E-state index in [-0.39, 0.29) is 11.3 Å². The van der Waals surface area contributed by atoms with Crippen LogP contribution in [0.15, 0.2) is 22.9 Å². The van der Waals surface area contributed by atoms with Gasteiger partial charge < -0.3 is 14.8 Å². The van der Waals surface area contributed by atoms with Gasteiger partial charge in [-0.05, 0) is 6.42 Å². The van der Waals surface area contributed by atoms with E-state index < -0.39 is 11.9 Å². The highest BCUT2D eigenvalue weighted by atomic mass is 16.4. The lowest BCUT2D eigenvalue weighted by atomic mass is 10.3. The smallest absolute Gasteiger partial charge is 0.338 e. The standard InChI is InChI=1S/C12H13N3O4/c1-3-8-9(5-15(2)14-8)13-11(16)10-4-7(6-19-10)12(17)18/h4-6H,3H2,1-2H3,(H,13,16)(H,17,18). The molecule has 1 amide bonds. The fraction of sp³-hybridized carbons (Fsp3) is 0.250. The van der Waals surface area contributed by atoms with Crippen molar-refractivity contribution in [1.29, 1.82) is 0 Å². The number of hydrogen-bond acceptors (Lipinski definition) is 4. The minimum Gasteiger partial charge on any atom is -0.478 e. The summed E-state index contributed by atoms with van der Waals surface area (Å²) in [5.74, 6) is -1.70. The van der Waals surface area contributed by atoms with E-state index in [1.807, 2.05) is 6.92 Å². The van der Waals surface area contributed by atoms with Crippen molar-refractivity contribution in [3.05, 3.63) is 35.5 Å². The molecule has 0 fully saturated rings. The fourth-order valence-corrected chi connectivity index (χ4v) is 1.65. The topological polar surface area (TPSA) is 97.4 Å². The number of hydrogen-bond donors (Lipinski definition) is 2. The number of carbonyl (C=O) groups excluding carboxylic acids is 1. The summed E-state index contributed by atoms with van der Waals surface area (Å²) in [6, 6.07) is 1.18. The van der Waals surface area contributed by atoms with Gasteiger partial charge in [0.15, 0.2) is 5.76 Å². The van der Waals surface area contributed by atoms with Crippen LogP contribution in [0.25, 0.3) is 0 Å². The first-order valence-electron chi connectivity index (χ1n) is 5.67. The Morgan fingerprint density at radius 1 is 1.53 bits per heavy atom. The number of aryl methyl sites for hydroxylation is 2. The summed E-state index contributed by atoms with van der Waals surface area (Å²) in [7, 11) is 1.75. The third-order valence-corrected chi connectivity index (χ3v) is 2.56. The molecule has 0 aromatic carbocycles. The lowest BCUT2D eigenvalue weighted by Crippen LogP contribution is -2.11.